The summed E-state index contributed by atoms with van der Waals surface area (Å²) in [5.74, 6) is -2.38. The molecule has 9 heteroatoms. The summed E-state index contributed by atoms with van der Waals surface area (Å²) in [4.78, 5) is 37.2. The first-order chi connectivity index (χ1) is 37.6. The Kier molecular flexibility index (Phi) is 53.3. The Morgan fingerprint density at radius 2 is 0.740 bits per heavy atom. The smallest absolute Gasteiger partial charge is 0.306 e. The van der Waals surface area contributed by atoms with Crippen LogP contribution in [0.15, 0.2) is 158 Å². The number of rotatable bonds is 52. The number of unbranched alkanes of at least 4 members (excludes halogenated alkanes) is 11. The summed E-state index contributed by atoms with van der Waals surface area (Å²) in [6, 6.07) is 0. The van der Waals surface area contributed by atoms with E-state index in [2.05, 4.69) is 172 Å². The van der Waals surface area contributed by atoms with Gasteiger partial charge in [-0.3, -0.25) is 9.59 Å². The third kappa shape index (κ3) is 58.4. The first kappa shape index (κ1) is 71.9. The van der Waals surface area contributed by atoms with Crippen LogP contribution in [-0.4, -0.2) is 82.3 Å². The number of allylic oxidation sites excluding steroid dienone is 26. The molecule has 0 spiro atoms. The second-order valence-corrected chi connectivity index (χ2v) is 20.2. The molecular weight excluding hydrogens is 959 g/mol. The van der Waals surface area contributed by atoms with Gasteiger partial charge in [-0.05, 0) is 128 Å². The number of hydrogen-bond donors (Lipinski definition) is 0. The third-order valence-corrected chi connectivity index (χ3v) is 11.8. The van der Waals surface area contributed by atoms with Gasteiger partial charge in [-0.15, -0.1) is 0 Å². The lowest BCUT2D eigenvalue weighted by atomic mass is 10.1. The quantitative estimate of drug-likeness (QED) is 0.0195. The predicted octanol–water partition coefficient (Wildman–Crippen LogP) is 16.4. The van der Waals surface area contributed by atoms with Crippen molar-refractivity contribution in [1.29, 1.82) is 0 Å². The zero-order valence-electron chi connectivity index (χ0n) is 49.0. The van der Waals surface area contributed by atoms with E-state index >= 15 is 0 Å². The summed E-state index contributed by atoms with van der Waals surface area (Å²) in [5.41, 5.74) is 0. The Balaban J connectivity index is 4.30. The lowest BCUT2D eigenvalue weighted by Crippen LogP contribution is -2.44. The van der Waals surface area contributed by atoms with Crippen LogP contribution in [-0.2, 0) is 33.3 Å². The zero-order valence-corrected chi connectivity index (χ0v) is 49.0. The molecule has 0 amide bonds. The highest BCUT2D eigenvalue weighted by atomic mass is 16.7. The normalized spacial score (nSPS) is 13.9. The van der Waals surface area contributed by atoms with Crippen molar-refractivity contribution in [3.63, 3.8) is 0 Å². The minimum atomic E-state index is -1.64. The molecule has 0 heterocycles. The second kappa shape index (κ2) is 57.1. The summed E-state index contributed by atoms with van der Waals surface area (Å²) in [6.07, 6.45) is 81.7. The van der Waals surface area contributed by atoms with Gasteiger partial charge in [-0.25, -0.2) is 0 Å². The van der Waals surface area contributed by atoms with Crippen molar-refractivity contribution < 1.29 is 42.9 Å². The molecule has 0 N–H and O–H groups in total. The Hall–Kier alpha value is -5.09. The van der Waals surface area contributed by atoms with Crippen molar-refractivity contribution in [2.24, 2.45) is 0 Å². The van der Waals surface area contributed by atoms with E-state index in [4.69, 9.17) is 18.9 Å². The topological polar surface area (TPSA) is 111 Å². The van der Waals surface area contributed by atoms with Crippen LogP contribution in [0, 0.1) is 0 Å². The van der Waals surface area contributed by atoms with Crippen LogP contribution in [0.1, 0.15) is 194 Å². The van der Waals surface area contributed by atoms with E-state index in [1.165, 1.54) is 32.1 Å². The van der Waals surface area contributed by atoms with Crippen molar-refractivity contribution in [3.8, 4) is 0 Å². The molecule has 0 saturated heterocycles. The minimum absolute atomic E-state index is 0.129. The largest absolute Gasteiger partial charge is 0.545 e. The van der Waals surface area contributed by atoms with Crippen molar-refractivity contribution in [1.82, 2.24) is 0 Å². The fraction of sp³-hybridized carbons (Fsp3) is 0.574. The molecule has 0 aromatic heterocycles. The highest BCUT2D eigenvalue weighted by Gasteiger charge is 2.22. The van der Waals surface area contributed by atoms with Crippen LogP contribution in [0.25, 0.3) is 0 Å². The molecule has 0 aromatic rings. The summed E-state index contributed by atoms with van der Waals surface area (Å²) in [5, 5.41) is 11.7. The molecule has 0 radical (unpaired) electrons. The predicted molar refractivity (Wildman–Crippen MR) is 324 cm³/mol. The number of quaternary nitrogens is 1. The highest BCUT2D eigenvalue weighted by molar-refractivity contribution is 5.70. The van der Waals surface area contributed by atoms with E-state index < -0.39 is 24.3 Å². The van der Waals surface area contributed by atoms with Crippen LogP contribution < -0.4 is 5.11 Å². The lowest BCUT2D eigenvalue weighted by Gasteiger charge is -2.26. The van der Waals surface area contributed by atoms with E-state index in [1.54, 1.807) is 0 Å². The number of carbonyl (C=O) groups excluding carboxylic acids is 3. The molecule has 0 rings (SSSR count). The fourth-order valence-corrected chi connectivity index (χ4v) is 7.22. The highest BCUT2D eigenvalue weighted by Crippen LogP contribution is 2.12. The van der Waals surface area contributed by atoms with E-state index in [9.17, 15) is 19.5 Å². The number of esters is 2. The molecule has 0 saturated carbocycles. The number of nitrogens with zero attached hydrogens (tertiary/aromatic N) is 1. The van der Waals surface area contributed by atoms with Gasteiger partial charge < -0.3 is 33.3 Å². The molecule has 0 aliphatic rings. The molecular formula is C68H107NO8. The van der Waals surface area contributed by atoms with Gasteiger partial charge in [-0.2, -0.15) is 0 Å². The number of carboxylic acid groups (broad SMARTS) is 1. The maximum Gasteiger partial charge on any atom is 0.306 e. The summed E-state index contributed by atoms with van der Waals surface area (Å²) >= 11 is 0. The number of likely N-dealkylation sites (N-methyl/N-ethyl adjacent to an activating group) is 1. The number of aliphatic carboxylic acids is 1. The Morgan fingerprint density at radius 3 is 1.14 bits per heavy atom. The molecule has 0 aliphatic heterocycles. The van der Waals surface area contributed by atoms with E-state index in [-0.39, 0.29) is 38.6 Å². The van der Waals surface area contributed by atoms with Gasteiger partial charge >= 0.3 is 11.9 Å². The average Bonchev–Trinajstić information content (AvgIpc) is 3.40. The number of carbonyl (C=O) groups is 3. The van der Waals surface area contributed by atoms with E-state index in [0.717, 1.165) is 122 Å². The van der Waals surface area contributed by atoms with Crippen molar-refractivity contribution in [3.05, 3.63) is 158 Å². The van der Waals surface area contributed by atoms with Gasteiger partial charge in [-0.1, -0.05) is 210 Å². The van der Waals surface area contributed by atoms with Crippen molar-refractivity contribution in [2.45, 2.75) is 206 Å². The molecule has 2 atom stereocenters. The van der Waals surface area contributed by atoms with Crippen LogP contribution in [0.3, 0.4) is 0 Å². The van der Waals surface area contributed by atoms with E-state index in [0.29, 0.717) is 23.9 Å². The monoisotopic (exact) mass is 1070 g/mol. The van der Waals surface area contributed by atoms with Gasteiger partial charge in [0.25, 0.3) is 0 Å². The first-order valence-electron chi connectivity index (χ1n) is 29.6. The van der Waals surface area contributed by atoms with Gasteiger partial charge in [0.15, 0.2) is 12.4 Å². The number of hydrogen-bond acceptors (Lipinski definition) is 8. The molecule has 9 nitrogen and oxygen atoms in total. The average molecular weight is 1070 g/mol. The number of carboxylic acids is 1. The maximum atomic E-state index is 12.8. The van der Waals surface area contributed by atoms with Gasteiger partial charge in [0.1, 0.15) is 13.2 Å². The summed E-state index contributed by atoms with van der Waals surface area (Å²) in [7, 11) is 5.88. The standard InChI is InChI=1S/C68H107NO8/c1-6-8-10-12-14-16-18-20-21-22-23-24-25-26-27-28-29-30-31-32-33-34-35-36-37-38-39-40-41-42-43-44-45-47-49-51-53-55-57-59-66(71)77-64(63-76-68(67(72)73)74-61-60-69(3,4)5)62-75-65(70)58-56-54-52-50-48-46-19-17-15-13-11-9-7-2/h8,10,14,16-17,19-21,23-24,26-27,29-30,32-33,35-36,38-39,41-42,44-45,49,51,64,68H,6-7,9,11-13,15,18,22,25,28,31,34,37,40,43,46-48,50,52-63H2,1-5H3/b10-8-,16-14-,19-17-,21-20-,24-23-,27-26-,30-29-,33-32-,36-35-,39-38-,42-41-,45-44-,51-49-. The fourth-order valence-electron chi connectivity index (χ4n) is 7.22. The summed E-state index contributed by atoms with van der Waals surface area (Å²) in [6.45, 7) is 4.52. The zero-order chi connectivity index (χ0) is 56.2. The molecule has 77 heavy (non-hydrogen) atoms. The van der Waals surface area contributed by atoms with Gasteiger partial charge in [0.05, 0.1) is 40.3 Å². The Bertz CT molecular complexity index is 1810. The number of ether oxygens (including phenoxy) is 4. The van der Waals surface area contributed by atoms with Crippen LogP contribution in [0.5, 0.6) is 0 Å². The van der Waals surface area contributed by atoms with Crippen LogP contribution in [0.4, 0.5) is 0 Å². The minimum Gasteiger partial charge on any atom is -0.545 e. The van der Waals surface area contributed by atoms with Crippen molar-refractivity contribution >= 4 is 17.9 Å². The van der Waals surface area contributed by atoms with E-state index in [1.807, 2.05) is 21.1 Å². The molecule has 0 bridgehead atoms. The maximum absolute atomic E-state index is 12.8. The molecule has 0 aliphatic carbocycles. The second-order valence-electron chi connectivity index (χ2n) is 20.2. The summed E-state index contributed by atoms with van der Waals surface area (Å²) < 4.78 is 22.6. The molecule has 0 aromatic carbocycles. The SMILES string of the molecule is CC/C=C\C/C=C\C/C=C\C/C=C\C/C=C\C/C=C\C/C=C\C/C=C\C/C=C\C/C=C\C/C=C\C/C=C\CCCCC(=O)OC(COC(=O)CCCCCCC/C=C\CCCCCC)COC(OCC[N+](C)(C)C)C(=O)[O-]. The molecule has 2 unspecified atom stereocenters. The van der Waals surface area contributed by atoms with Gasteiger partial charge in [0, 0.05) is 12.8 Å². The van der Waals surface area contributed by atoms with Gasteiger partial charge in [0.2, 0.25) is 0 Å². The first-order valence-corrected chi connectivity index (χ1v) is 29.6. The third-order valence-electron chi connectivity index (χ3n) is 11.8. The molecule has 432 valence electrons. The van der Waals surface area contributed by atoms with Crippen LogP contribution >= 0.6 is 0 Å². The Labute approximate surface area is 470 Å². The Morgan fingerprint density at radius 1 is 0.403 bits per heavy atom. The van der Waals surface area contributed by atoms with Crippen LogP contribution in [0.2, 0.25) is 0 Å². The van der Waals surface area contributed by atoms with Crippen molar-refractivity contribution in [2.75, 3.05) is 47.5 Å². The lowest BCUT2D eigenvalue weighted by molar-refractivity contribution is -0.870. The molecule has 0 fully saturated rings.